The van der Waals surface area contributed by atoms with Crippen LogP contribution < -0.4 is 5.32 Å². The van der Waals surface area contributed by atoms with Crippen molar-refractivity contribution in [2.45, 2.75) is 24.6 Å². The molecule has 0 spiro atoms. The van der Waals surface area contributed by atoms with Crippen LogP contribution >= 0.6 is 11.8 Å². The second kappa shape index (κ2) is 10.8. The van der Waals surface area contributed by atoms with Crippen LogP contribution in [-0.2, 0) is 28.2 Å². The summed E-state index contributed by atoms with van der Waals surface area (Å²) in [5.41, 5.74) is 1.95. The molecule has 1 heterocycles. The van der Waals surface area contributed by atoms with Gasteiger partial charge in [-0.1, -0.05) is 72.8 Å². The highest BCUT2D eigenvalue weighted by Crippen LogP contribution is 2.17. The Morgan fingerprint density at radius 3 is 2.41 bits per heavy atom. The van der Waals surface area contributed by atoms with Gasteiger partial charge in [0.1, 0.15) is 5.76 Å². The molecule has 32 heavy (non-hydrogen) atoms. The quantitative estimate of drug-likeness (QED) is 0.366. The first kappa shape index (κ1) is 21.9. The summed E-state index contributed by atoms with van der Waals surface area (Å²) in [6.45, 7) is 0. The Hall–Kier alpha value is -3.31. The fourth-order valence-corrected chi connectivity index (χ4v) is 4.49. The van der Waals surface area contributed by atoms with Gasteiger partial charge in [0.25, 0.3) is 0 Å². The lowest BCUT2D eigenvalue weighted by Gasteiger charge is -2.18. The van der Waals surface area contributed by atoms with E-state index in [9.17, 15) is 9.59 Å². The molecule has 0 saturated carbocycles. The molecule has 4 rings (SSSR count). The minimum Gasteiger partial charge on any atom is -0.468 e. The summed E-state index contributed by atoms with van der Waals surface area (Å²) < 4.78 is 5.33. The molecule has 0 aliphatic carbocycles. The molecule has 4 aromatic rings. The molecule has 0 radical (unpaired) electrons. The predicted octanol–water partition coefficient (Wildman–Crippen LogP) is 5.21. The number of furan rings is 1. The van der Waals surface area contributed by atoms with Gasteiger partial charge in [0.05, 0.1) is 30.2 Å². The van der Waals surface area contributed by atoms with Gasteiger partial charge in [0.2, 0.25) is 5.91 Å². The molecule has 0 saturated heterocycles. The Balaban J connectivity index is 1.40. The third-order valence-electron chi connectivity index (χ3n) is 5.25. The van der Waals surface area contributed by atoms with Crippen molar-refractivity contribution in [2.24, 2.45) is 0 Å². The van der Waals surface area contributed by atoms with Gasteiger partial charge >= 0.3 is 0 Å². The Bertz CT molecular complexity index is 1170. The van der Waals surface area contributed by atoms with Crippen LogP contribution in [0.4, 0.5) is 0 Å². The van der Waals surface area contributed by atoms with Crippen molar-refractivity contribution in [1.29, 1.82) is 0 Å². The monoisotopic (exact) mass is 443 g/mol. The molecule has 3 aromatic carbocycles. The van der Waals surface area contributed by atoms with Crippen LogP contribution in [0.15, 0.2) is 95.6 Å². The second-order valence-corrected chi connectivity index (χ2v) is 8.69. The SMILES string of the molecule is O=C(Cc1ccc2ccccc2c1)N[C@@H](Cc1ccccc1)C(=O)CSCc1ccco1. The lowest BCUT2D eigenvalue weighted by atomic mass is 10.0. The van der Waals surface area contributed by atoms with Crippen molar-refractivity contribution in [1.82, 2.24) is 5.32 Å². The maximum Gasteiger partial charge on any atom is 0.225 e. The fraction of sp³-hybridized carbons (Fsp3) is 0.185. The van der Waals surface area contributed by atoms with E-state index in [2.05, 4.69) is 5.32 Å². The number of rotatable bonds is 10. The average molecular weight is 444 g/mol. The lowest BCUT2D eigenvalue weighted by Crippen LogP contribution is -2.44. The van der Waals surface area contributed by atoms with E-state index in [4.69, 9.17) is 4.42 Å². The molecule has 1 amide bonds. The molecule has 0 aliphatic heterocycles. The van der Waals surface area contributed by atoms with Gasteiger partial charge in [0, 0.05) is 0 Å². The normalized spacial score (nSPS) is 11.9. The van der Waals surface area contributed by atoms with Crippen LogP contribution in [-0.4, -0.2) is 23.5 Å². The smallest absolute Gasteiger partial charge is 0.225 e. The van der Waals surface area contributed by atoms with E-state index in [0.717, 1.165) is 27.7 Å². The van der Waals surface area contributed by atoms with Crippen molar-refractivity contribution in [3.8, 4) is 0 Å². The highest BCUT2D eigenvalue weighted by molar-refractivity contribution is 7.99. The number of Topliss-reactive ketones (excluding diaryl/α,β-unsaturated/α-hetero) is 1. The van der Waals surface area contributed by atoms with Crippen molar-refractivity contribution in [2.75, 3.05) is 5.75 Å². The van der Waals surface area contributed by atoms with Crippen LogP contribution in [0, 0.1) is 0 Å². The minimum absolute atomic E-state index is 0.0114. The van der Waals surface area contributed by atoms with Crippen molar-refractivity contribution < 1.29 is 14.0 Å². The van der Waals surface area contributed by atoms with E-state index < -0.39 is 6.04 Å². The third-order valence-corrected chi connectivity index (χ3v) is 6.23. The van der Waals surface area contributed by atoms with Crippen molar-refractivity contribution in [3.05, 3.63) is 108 Å². The maximum atomic E-state index is 13.0. The van der Waals surface area contributed by atoms with Crippen molar-refractivity contribution in [3.63, 3.8) is 0 Å². The average Bonchev–Trinajstić information content (AvgIpc) is 3.33. The zero-order valence-corrected chi connectivity index (χ0v) is 18.5. The molecular weight excluding hydrogens is 418 g/mol. The summed E-state index contributed by atoms with van der Waals surface area (Å²) in [6.07, 6.45) is 2.34. The number of ketones is 1. The lowest BCUT2D eigenvalue weighted by molar-refractivity contribution is -0.126. The van der Waals surface area contributed by atoms with E-state index >= 15 is 0 Å². The molecule has 4 nitrogen and oxygen atoms in total. The first-order valence-corrected chi connectivity index (χ1v) is 11.8. The zero-order chi connectivity index (χ0) is 22.2. The van der Waals surface area contributed by atoms with E-state index in [1.807, 2.05) is 84.9 Å². The number of thioether (sulfide) groups is 1. The number of amides is 1. The number of carbonyl (C=O) groups is 2. The van der Waals surface area contributed by atoms with Gasteiger partial charge < -0.3 is 9.73 Å². The van der Waals surface area contributed by atoms with Gasteiger partial charge in [-0.15, -0.1) is 11.8 Å². The molecule has 162 valence electrons. The molecule has 0 unspecified atom stereocenters. The number of nitrogens with one attached hydrogen (secondary N) is 1. The number of hydrogen-bond acceptors (Lipinski definition) is 4. The van der Waals surface area contributed by atoms with Gasteiger partial charge in [-0.25, -0.2) is 0 Å². The number of hydrogen-bond donors (Lipinski definition) is 1. The number of benzene rings is 3. The van der Waals surface area contributed by atoms with Crippen LogP contribution in [0.1, 0.15) is 16.9 Å². The Morgan fingerprint density at radius 2 is 1.62 bits per heavy atom. The van der Waals surface area contributed by atoms with Crippen LogP contribution in [0.5, 0.6) is 0 Å². The van der Waals surface area contributed by atoms with Crippen molar-refractivity contribution >= 4 is 34.2 Å². The minimum atomic E-state index is -0.561. The van der Waals surface area contributed by atoms with Crippen LogP contribution in [0.3, 0.4) is 0 Å². The van der Waals surface area contributed by atoms with E-state index in [1.165, 1.54) is 11.8 Å². The highest BCUT2D eigenvalue weighted by Gasteiger charge is 2.21. The molecule has 0 bridgehead atoms. The first-order valence-electron chi connectivity index (χ1n) is 10.6. The predicted molar refractivity (Wildman–Crippen MR) is 130 cm³/mol. The molecule has 1 N–H and O–H groups in total. The topological polar surface area (TPSA) is 59.3 Å². The van der Waals surface area contributed by atoms with Crippen LogP contribution in [0.25, 0.3) is 10.8 Å². The highest BCUT2D eigenvalue weighted by atomic mass is 32.2. The first-order chi connectivity index (χ1) is 15.7. The number of carbonyl (C=O) groups excluding carboxylic acids is 2. The summed E-state index contributed by atoms with van der Waals surface area (Å²) >= 11 is 1.50. The van der Waals surface area contributed by atoms with E-state index in [0.29, 0.717) is 17.9 Å². The molecule has 1 aromatic heterocycles. The summed E-state index contributed by atoms with van der Waals surface area (Å²) in [6, 6.07) is 27.0. The second-order valence-electron chi connectivity index (χ2n) is 7.71. The Morgan fingerprint density at radius 1 is 0.844 bits per heavy atom. The largest absolute Gasteiger partial charge is 0.468 e. The zero-order valence-electron chi connectivity index (χ0n) is 17.7. The van der Waals surface area contributed by atoms with Gasteiger partial charge in [-0.2, -0.15) is 0 Å². The standard InChI is InChI=1S/C27H25NO3S/c29-26(19-32-18-24-11-6-14-31-24)25(16-20-7-2-1-3-8-20)28-27(30)17-21-12-13-22-9-4-5-10-23(22)15-21/h1-15,25H,16-19H2,(H,28,30)/t25-/m0/s1. The van der Waals surface area contributed by atoms with E-state index in [1.54, 1.807) is 6.26 Å². The van der Waals surface area contributed by atoms with Gasteiger partial charge in [-0.05, 0) is 40.5 Å². The summed E-state index contributed by atoms with van der Waals surface area (Å²) in [7, 11) is 0. The molecular formula is C27H25NO3S. The molecule has 0 aliphatic rings. The Kier molecular flexibility index (Phi) is 7.41. The summed E-state index contributed by atoms with van der Waals surface area (Å²) in [5.74, 6) is 1.64. The Labute approximate surface area is 192 Å². The maximum absolute atomic E-state index is 13.0. The van der Waals surface area contributed by atoms with Crippen LogP contribution in [0.2, 0.25) is 0 Å². The van der Waals surface area contributed by atoms with E-state index in [-0.39, 0.29) is 18.1 Å². The van der Waals surface area contributed by atoms with Gasteiger partial charge in [0.15, 0.2) is 5.78 Å². The third kappa shape index (κ3) is 6.11. The molecule has 5 heteroatoms. The van der Waals surface area contributed by atoms with Gasteiger partial charge in [-0.3, -0.25) is 9.59 Å². The fourth-order valence-electron chi connectivity index (χ4n) is 3.62. The summed E-state index contributed by atoms with van der Waals surface area (Å²) in [4.78, 5) is 25.8. The molecule has 1 atom stereocenters. The number of fused-ring (bicyclic) bond motifs is 1. The molecule has 0 fully saturated rings. The summed E-state index contributed by atoms with van der Waals surface area (Å²) in [5, 5.41) is 5.22.